The van der Waals surface area contributed by atoms with Crippen LogP contribution in [-0.4, -0.2) is 23.9 Å². The van der Waals surface area contributed by atoms with E-state index in [2.05, 4.69) is 6.07 Å². The molecule has 0 saturated carbocycles. The Kier molecular flexibility index (Phi) is 2.94. The minimum Gasteiger partial charge on any atom is -0.389 e. The Hall–Kier alpha value is -0.590. The normalized spacial score (nSPS) is 26.0. The molecule has 1 unspecified atom stereocenters. The van der Waals surface area contributed by atoms with Crippen molar-refractivity contribution < 1.29 is 9.84 Å². The lowest BCUT2D eigenvalue weighted by molar-refractivity contribution is -0.0940. The summed E-state index contributed by atoms with van der Waals surface area (Å²) in [5.41, 5.74) is -1.48. The van der Waals surface area contributed by atoms with E-state index in [1.165, 1.54) is 0 Å². The van der Waals surface area contributed by atoms with Gasteiger partial charge in [0.1, 0.15) is 0 Å². The molecule has 1 N–H and O–H groups in total. The van der Waals surface area contributed by atoms with Gasteiger partial charge in [0.2, 0.25) is 0 Å². The van der Waals surface area contributed by atoms with Gasteiger partial charge in [-0.3, -0.25) is 0 Å². The van der Waals surface area contributed by atoms with Gasteiger partial charge in [-0.2, -0.15) is 5.26 Å². The molecule has 0 aromatic heterocycles. The van der Waals surface area contributed by atoms with Gasteiger partial charge in [0.05, 0.1) is 17.1 Å². The van der Waals surface area contributed by atoms with Crippen LogP contribution in [0.4, 0.5) is 0 Å². The second-order valence-electron chi connectivity index (χ2n) is 3.93. The van der Waals surface area contributed by atoms with Crippen LogP contribution < -0.4 is 0 Å². The maximum absolute atomic E-state index is 10.1. The molecule has 0 aromatic carbocycles. The van der Waals surface area contributed by atoms with E-state index in [9.17, 15) is 5.11 Å². The summed E-state index contributed by atoms with van der Waals surface area (Å²) in [4.78, 5) is 0. The topological polar surface area (TPSA) is 53.2 Å². The molecular formula is C10H17NO2. The van der Waals surface area contributed by atoms with Gasteiger partial charge in [-0.05, 0) is 26.2 Å². The highest BCUT2D eigenvalue weighted by Gasteiger charge is 2.47. The Morgan fingerprint density at radius 1 is 1.54 bits per heavy atom. The Morgan fingerprint density at radius 3 is 2.46 bits per heavy atom. The molecule has 0 radical (unpaired) electrons. The Labute approximate surface area is 79.3 Å². The predicted octanol–water partition coefficient (Wildman–Crippen LogP) is 1.47. The lowest BCUT2D eigenvalue weighted by Crippen LogP contribution is -2.48. The summed E-state index contributed by atoms with van der Waals surface area (Å²) in [5, 5.41) is 19.3. The van der Waals surface area contributed by atoms with Crippen molar-refractivity contribution in [3.8, 4) is 6.07 Å². The first-order chi connectivity index (χ1) is 6.08. The van der Waals surface area contributed by atoms with Gasteiger partial charge >= 0.3 is 0 Å². The van der Waals surface area contributed by atoms with E-state index >= 15 is 0 Å². The first-order valence-corrected chi connectivity index (χ1v) is 4.79. The van der Waals surface area contributed by atoms with Crippen LogP contribution in [0.15, 0.2) is 0 Å². The molecule has 74 valence electrons. The maximum Gasteiger partial charge on any atom is 0.0901 e. The molecule has 1 rings (SSSR count). The third-order valence-electron chi connectivity index (χ3n) is 3.28. The van der Waals surface area contributed by atoms with Gasteiger partial charge in [-0.25, -0.2) is 0 Å². The summed E-state index contributed by atoms with van der Waals surface area (Å²) in [6.45, 7) is 4.84. The number of hydrogen-bond donors (Lipinski definition) is 1. The van der Waals surface area contributed by atoms with Gasteiger partial charge < -0.3 is 9.84 Å². The Morgan fingerprint density at radius 2 is 2.08 bits per heavy atom. The highest BCUT2D eigenvalue weighted by molar-refractivity contribution is 5.10. The fraction of sp³-hybridized carbons (Fsp3) is 0.900. The first-order valence-electron chi connectivity index (χ1n) is 4.79. The largest absolute Gasteiger partial charge is 0.389 e. The number of nitrogens with zero attached hydrogens (tertiary/aromatic N) is 1. The molecule has 0 aliphatic carbocycles. The lowest BCUT2D eigenvalue weighted by atomic mass is 9.67. The third-order valence-corrected chi connectivity index (χ3v) is 3.28. The Balaban J connectivity index is 2.86. The molecule has 0 bridgehead atoms. The number of nitriles is 1. The standard InChI is InChI=1S/C10H17NO2/c1-3-9(2,12)10(8-11)4-6-13-7-5-10/h12H,3-7H2,1-2H3. The van der Waals surface area contributed by atoms with E-state index in [4.69, 9.17) is 10.00 Å². The van der Waals surface area contributed by atoms with E-state index in [0.29, 0.717) is 32.5 Å². The zero-order valence-electron chi connectivity index (χ0n) is 8.34. The zero-order valence-corrected chi connectivity index (χ0v) is 8.34. The second kappa shape index (κ2) is 3.65. The van der Waals surface area contributed by atoms with E-state index in [1.54, 1.807) is 6.92 Å². The smallest absolute Gasteiger partial charge is 0.0901 e. The minimum absolute atomic E-state index is 0.587. The van der Waals surface area contributed by atoms with Crippen LogP contribution in [-0.2, 0) is 4.74 Å². The minimum atomic E-state index is -0.883. The van der Waals surface area contributed by atoms with Crippen molar-refractivity contribution in [3.63, 3.8) is 0 Å². The van der Waals surface area contributed by atoms with Crippen LogP contribution in [0.1, 0.15) is 33.1 Å². The van der Waals surface area contributed by atoms with Crippen molar-refractivity contribution in [1.29, 1.82) is 5.26 Å². The molecule has 3 nitrogen and oxygen atoms in total. The fourth-order valence-electron chi connectivity index (χ4n) is 1.83. The van der Waals surface area contributed by atoms with Crippen LogP contribution in [0.5, 0.6) is 0 Å². The maximum atomic E-state index is 10.1. The molecule has 0 aromatic rings. The highest BCUT2D eigenvalue weighted by Crippen LogP contribution is 2.42. The van der Waals surface area contributed by atoms with Crippen molar-refractivity contribution in [1.82, 2.24) is 0 Å². The van der Waals surface area contributed by atoms with E-state index in [-0.39, 0.29) is 0 Å². The summed E-state index contributed by atoms with van der Waals surface area (Å²) in [6.07, 6.45) is 1.90. The molecule has 13 heavy (non-hydrogen) atoms. The third kappa shape index (κ3) is 1.70. The van der Waals surface area contributed by atoms with Gasteiger partial charge in [0.15, 0.2) is 0 Å². The molecule has 1 atom stereocenters. The molecule has 0 spiro atoms. The van der Waals surface area contributed by atoms with Gasteiger partial charge in [-0.15, -0.1) is 0 Å². The van der Waals surface area contributed by atoms with Gasteiger partial charge in [-0.1, -0.05) is 6.92 Å². The highest BCUT2D eigenvalue weighted by atomic mass is 16.5. The van der Waals surface area contributed by atoms with Gasteiger partial charge in [0.25, 0.3) is 0 Å². The molecular weight excluding hydrogens is 166 g/mol. The molecule has 1 saturated heterocycles. The average molecular weight is 183 g/mol. The first kappa shape index (κ1) is 10.5. The molecule has 1 aliphatic rings. The Bertz CT molecular complexity index is 211. The lowest BCUT2D eigenvalue weighted by Gasteiger charge is -2.42. The predicted molar refractivity (Wildman–Crippen MR) is 49.0 cm³/mol. The van der Waals surface area contributed by atoms with Crippen LogP contribution in [0.3, 0.4) is 0 Å². The van der Waals surface area contributed by atoms with E-state index in [1.807, 2.05) is 6.92 Å². The fourth-order valence-corrected chi connectivity index (χ4v) is 1.83. The quantitative estimate of drug-likeness (QED) is 0.705. The second-order valence-corrected chi connectivity index (χ2v) is 3.93. The van der Waals surface area contributed by atoms with Gasteiger partial charge in [0, 0.05) is 13.2 Å². The average Bonchev–Trinajstić information content (AvgIpc) is 2.18. The summed E-state index contributed by atoms with van der Waals surface area (Å²) in [6, 6.07) is 2.28. The van der Waals surface area contributed by atoms with Crippen molar-refractivity contribution >= 4 is 0 Å². The van der Waals surface area contributed by atoms with Crippen LogP contribution in [0.25, 0.3) is 0 Å². The summed E-state index contributed by atoms with van der Waals surface area (Å²) in [7, 11) is 0. The van der Waals surface area contributed by atoms with Crippen molar-refractivity contribution in [3.05, 3.63) is 0 Å². The van der Waals surface area contributed by atoms with Crippen LogP contribution in [0, 0.1) is 16.7 Å². The van der Waals surface area contributed by atoms with Crippen LogP contribution >= 0.6 is 0 Å². The molecule has 1 aliphatic heterocycles. The number of ether oxygens (including phenoxy) is 1. The molecule has 3 heteroatoms. The van der Waals surface area contributed by atoms with E-state index in [0.717, 1.165) is 0 Å². The number of aliphatic hydroxyl groups is 1. The summed E-state index contributed by atoms with van der Waals surface area (Å²) >= 11 is 0. The monoisotopic (exact) mass is 183 g/mol. The molecule has 1 fully saturated rings. The number of hydrogen-bond acceptors (Lipinski definition) is 3. The number of rotatable bonds is 2. The molecule has 0 amide bonds. The molecule has 1 heterocycles. The zero-order chi connectivity index (χ0) is 9.95. The van der Waals surface area contributed by atoms with Crippen molar-refractivity contribution in [2.24, 2.45) is 5.41 Å². The van der Waals surface area contributed by atoms with Crippen molar-refractivity contribution in [2.45, 2.75) is 38.7 Å². The van der Waals surface area contributed by atoms with Crippen molar-refractivity contribution in [2.75, 3.05) is 13.2 Å². The SMILES string of the molecule is CCC(C)(O)C1(C#N)CCOCC1. The summed E-state index contributed by atoms with van der Waals surface area (Å²) < 4.78 is 5.20. The van der Waals surface area contributed by atoms with E-state index < -0.39 is 11.0 Å². The van der Waals surface area contributed by atoms with Crippen LogP contribution in [0.2, 0.25) is 0 Å². The summed E-state index contributed by atoms with van der Waals surface area (Å²) in [5.74, 6) is 0.